The third kappa shape index (κ3) is 11.2. The molecule has 0 rings (SSSR count). The van der Waals surface area contributed by atoms with Crippen LogP contribution >= 0.6 is 0 Å². The van der Waals surface area contributed by atoms with Crippen LogP contribution in [0.15, 0.2) is 23.3 Å². The second kappa shape index (κ2) is 12.2. The van der Waals surface area contributed by atoms with Gasteiger partial charge in [0.1, 0.15) is 6.79 Å². The van der Waals surface area contributed by atoms with Crippen molar-refractivity contribution in [3.63, 3.8) is 0 Å². The van der Waals surface area contributed by atoms with E-state index in [0.29, 0.717) is 18.6 Å². The highest BCUT2D eigenvalue weighted by molar-refractivity contribution is 5.02. The van der Waals surface area contributed by atoms with Crippen LogP contribution in [-0.4, -0.2) is 20.5 Å². The van der Waals surface area contributed by atoms with E-state index in [0.717, 1.165) is 13.0 Å². The Morgan fingerprint density at radius 1 is 1.05 bits per heavy atom. The molecule has 0 aliphatic heterocycles. The molecular weight excluding hydrogens is 248 g/mol. The lowest BCUT2D eigenvalue weighted by molar-refractivity contribution is -0.0353. The third-order valence-corrected chi connectivity index (χ3v) is 3.82. The van der Waals surface area contributed by atoms with Gasteiger partial charge < -0.3 is 9.47 Å². The minimum Gasteiger partial charge on any atom is -0.359 e. The number of hydrogen-bond acceptors (Lipinski definition) is 2. The van der Waals surface area contributed by atoms with Gasteiger partial charge in [-0.2, -0.15) is 0 Å². The van der Waals surface area contributed by atoms with Crippen molar-refractivity contribution in [3.8, 4) is 0 Å². The number of ether oxygens (including phenoxy) is 2. The number of methoxy groups -OCH3 is 1. The fourth-order valence-electron chi connectivity index (χ4n) is 2.01. The van der Waals surface area contributed by atoms with Crippen LogP contribution < -0.4 is 0 Å². The van der Waals surface area contributed by atoms with Crippen molar-refractivity contribution >= 4 is 0 Å². The lowest BCUT2D eigenvalue weighted by Crippen LogP contribution is -2.11. The SMILES string of the molecule is COCOCC[C@H](C)[C@H](C)CC=C(C)CCC=C(C)C. The van der Waals surface area contributed by atoms with E-state index < -0.39 is 0 Å². The van der Waals surface area contributed by atoms with Gasteiger partial charge in [0.25, 0.3) is 0 Å². The molecule has 0 unspecified atom stereocenters. The molecule has 0 N–H and O–H groups in total. The summed E-state index contributed by atoms with van der Waals surface area (Å²) in [4.78, 5) is 0. The fraction of sp³-hybridized carbons (Fsp3) is 0.778. The summed E-state index contributed by atoms with van der Waals surface area (Å²) in [5.74, 6) is 1.40. The summed E-state index contributed by atoms with van der Waals surface area (Å²) < 4.78 is 10.2. The molecule has 2 heteroatoms. The molecule has 0 amide bonds. The van der Waals surface area contributed by atoms with Gasteiger partial charge in [0.05, 0.1) is 0 Å². The molecule has 0 aromatic carbocycles. The average Bonchev–Trinajstić information content (AvgIpc) is 2.40. The van der Waals surface area contributed by atoms with Crippen LogP contribution in [0.2, 0.25) is 0 Å². The molecule has 0 saturated heterocycles. The van der Waals surface area contributed by atoms with E-state index in [2.05, 4.69) is 46.8 Å². The van der Waals surface area contributed by atoms with Gasteiger partial charge in [0, 0.05) is 13.7 Å². The number of hydrogen-bond donors (Lipinski definition) is 0. The van der Waals surface area contributed by atoms with Crippen LogP contribution in [-0.2, 0) is 9.47 Å². The van der Waals surface area contributed by atoms with E-state index in [4.69, 9.17) is 9.47 Å². The Morgan fingerprint density at radius 3 is 2.35 bits per heavy atom. The molecule has 2 atom stereocenters. The van der Waals surface area contributed by atoms with E-state index in [1.165, 1.54) is 30.4 Å². The number of rotatable bonds is 11. The van der Waals surface area contributed by atoms with E-state index in [9.17, 15) is 0 Å². The molecule has 118 valence electrons. The molecule has 0 heterocycles. The Labute approximate surface area is 126 Å². The molecule has 0 saturated carbocycles. The molecule has 0 aromatic heterocycles. The zero-order valence-corrected chi connectivity index (χ0v) is 14.4. The third-order valence-electron chi connectivity index (χ3n) is 3.82. The van der Waals surface area contributed by atoms with Crippen molar-refractivity contribution < 1.29 is 9.47 Å². The summed E-state index contributed by atoms with van der Waals surface area (Å²) in [5, 5.41) is 0. The maximum atomic E-state index is 5.36. The molecule has 0 aromatic rings. The van der Waals surface area contributed by atoms with Gasteiger partial charge in [-0.3, -0.25) is 0 Å². The second-order valence-electron chi connectivity index (χ2n) is 6.16. The highest BCUT2D eigenvalue weighted by atomic mass is 16.7. The smallest absolute Gasteiger partial charge is 0.146 e. The normalized spacial score (nSPS) is 15.0. The van der Waals surface area contributed by atoms with Crippen molar-refractivity contribution in [3.05, 3.63) is 23.3 Å². The first-order chi connectivity index (χ1) is 9.47. The Balaban J connectivity index is 3.87. The second-order valence-corrected chi connectivity index (χ2v) is 6.16. The first-order valence-corrected chi connectivity index (χ1v) is 7.83. The first kappa shape index (κ1) is 19.4. The summed E-state index contributed by atoms with van der Waals surface area (Å²) in [5.41, 5.74) is 2.92. The predicted molar refractivity (Wildman–Crippen MR) is 87.8 cm³/mol. The summed E-state index contributed by atoms with van der Waals surface area (Å²) in [6.07, 6.45) is 9.36. The van der Waals surface area contributed by atoms with Crippen molar-refractivity contribution in [2.24, 2.45) is 11.8 Å². The molecule has 0 bridgehead atoms. The Morgan fingerprint density at radius 2 is 1.75 bits per heavy atom. The summed E-state index contributed by atoms with van der Waals surface area (Å²) in [6, 6.07) is 0. The molecule has 0 fully saturated rings. The van der Waals surface area contributed by atoms with E-state index >= 15 is 0 Å². The summed E-state index contributed by atoms with van der Waals surface area (Å²) in [7, 11) is 1.66. The predicted octanol–water partition coefficient (Wildman–Crippen LogP) is 5.35. The Kier molecular flexibility index (Phi) is 11.8. The van der Waals surface area contributed by atoms with E-state index in [-0.39, 0.29) is 0 Å². The standard InChI is InChI=1S/C18H34O2/c1-15(2)8-7-9-16(3)10-11-17(4)18(5)12-13-20-14-19-6/h8,10,17-18H,7,9,11-14H2,1-6H3/t17-,18+/m1/s1. The van der Waals surface area contributed by atoms with Gasteiger partial charge in [0.15, 0.2) is 0 Å². The maximum Gasteiger partial charge on any atom is 0.146 e. The zero-order valence-electron chi connectivity index (χ0n) is 14.4. The van der Waals surface area contributed by atoms with Gasteiger partial charge >= 0.3 is 0 Å². The fourth-order valence-corrected chi connectivity index (χ4v) is 2.01. The molecule has 2 nitrogen and oxygen atoms in total. The largest absolute Gasteiger partial charge is 0.359 e. The Hall–Kier alpha value is -0.600. The van der Waals surface area contributed by atoms with Gasteiger partial charge in [-0.1, -0.05) is 37.1 Å². The van der Waals surface area contributed by atoms with Crippen LogP contribution in [0, 0.1) is 11.8 Å². The quantitative estimate of drug-likeness (QED) is 0.289. The lowest BCUT2D eigenvalue weighted by Gasteiger charge is -2.18. The van der Waals surface area contributed by atoms with Crippen LogP contribution in [0.5, 0.6) is 0 Å². The zero-order chi connectivity index (χ0) is 15.4. The summed E-state index contributed by atoms with van der Waals surface area (Å²) in [6.45, 7) is 12.4. The van der Waals surface area contributed by atoms with Crippen molar-refractivity contribution in [2.75, 3.05) is 20.5 Å². The van der Waals surface area contributed by atoms with Crippen molar-refractivity contribution in [2.45, 2.75) is 60.3 Å². The van der Waals surface area contributed by atoms with Crippen LogP contribution in [0.3, 0.4) is 0 Å². The first-order valence-electron chi connectivity index (χ1n) is 7.83. The van der Waals surface area contributed by atoms with E-state index in [1.54, 1.807) is 7.11 Å². The average molecular weight is 282 g/mol. The van der Waals surface area contributed by atoms with Gasteiger partial charge in [0.2, 0.25) is 0 Å². The minimum atomic E-state index is 0.407. The molecule has 0 aliphatic carbocycles. The topological polar surface area (TPSA) is 18.5 Å². The van der Waals surface area contributed by atoms with Crippen LogP contribution in [0.4, 0.5) is 0 Å². The van der Waals surface area contributed by atoms with Crippen LogP contribution in [0.25, 0.3) is 0 Å². The molecule has 0 radical (unpaired) electrons. The Bertz CT molecular complexity index is 288. The van der Waals surface area contributed by atoms with E-state index in [1.807, 2.05) is 0 Å². The molecule has 0 aliphatic rings. The monoisotopic (exact) mass is 282 g/mol. The highest BCUT2D eigenvalue weighted by Gasteiger charge is 2.10. The molecule has 20 heavy (non-hydrogen) atoms. The van der Waals surface area contributed by atoms with Crippen molar-refractivity contribution in [1.29, 1.82) is 0 Å². The van der Waals surface area contributed by atoms with Gasteiger partial charge in [-0.25, -0.2) is 0 Å². The minimum absolute atomic E-state index is 0.407. The van der Waals surface area contributed by atoms with Crippen molar-refractivity contribution in [1.82, 2.24) is 0 Å². The maximum absolute atomic E-state index is 5.36. The summed E-state index contributed by atoms with van der Waals surface area (Å²) >= 11 is 0. The molecule has 0 spiro atoms. The highest BCUT2D eigenvalue weighted by Crippen LogP contribution is 2.20. The molecular formula is C18H34O2. The lowest BCUT2D eigenvalue weighted by atomic mass is 9.89. The van der Waals surface area contributed by atoms with Crippen LogP contribution in [0.1, 0.15) is 60.3 Å². The number of allylic oxidation sites excluding steroid dienone is 4. The van der Waals surface area contributed by atoms with Gasteiger partial charge in [-0.05, 0) is 58.3 Å². The van der Waals surface area contributed by atoms with Gasteiger partial charge in [-0.15, -0.1) is 0 Å².